The van der Waals surface area contributed by atoms with Crippen LogP contribution in [0.5, 0.6) is 5.75 Å². The maximum atomic E-state index is 12.0. The Morgan fingerprint density at radius 2 is 2.11 bits per heavy atom. The molecule has 5 heteroatoms. The van der Waals surface area contributed by atoms with Gasteiger partial charge in [-0.15, -0.1) is 0 Å². The second-order valence-electron chi connectivity index (χ2n) is 4.50. The zero-order chi connectivity index (χ0) is 13.8. The quantitative estimate of drug-likeness (QED) is 0.887. The SMILES string of the molecule is Cc1ncc(C(=O)Nc2ccccc2OC(C)C)[nH]1. The molecule has 19 heavy (non-hydrogen) atoms. The highest BCUT2D eigenvalue weighted by Gasteiger charge is 2.12. The van der Waals surface area contributed by atoms with Crippen LogP contribution in [0.15, 0.2) is 30.5 Å². The smallest absolute Gasteiger partial charge is 0.273 e. The number of aryl methyl sites for hydroxylation is 1. The van der Waals surface area contributed by atoms with Crippen molar-refractivity contribution in [2.75, 3.05) is 5.32 Å². The van der Waals surface area contributed by atoms with Crippen molar-refractivity contribution in [3.05, 3.63) is 42.0 Å². The third-order valence-corrected chi connectivity index (χ3v) is 2.45. The van der Waals surface area contributed by atoms with Crippen LogP contribution in [0.3, 0.4) is 0 Å². The fourth-order valence-corrected chi connectivity index (χ4v) is 1.65. The molecule has 0 saturated carbocycles. The van der Waals surface area contributed by atoms with E-state index in [2.05, 4.69) is 15.3 Å². The van der Waals surface area contributed by atoms with Gasteiger partial charge in [-0.2, -0.15) is 0 Å². The van der Waals surface area contributed by atoms with Crippen molar-refractivity contribution in [2.45, 2.75) is 26.9 Å². The molecular formula is C14H17N3O2. The Labute approximate surface area is 112 Å². The normalized spacial score (nSPS) is 10.5. The van der Waals surface area contributed by atoms with Gasteiger partial charge in [-0.3, -0.25) is 4.79 Å². The third kappa shape index (κ3) is 3.34. The van der Waals surface area contributed by atoms with Gasteiger partial charge in [-0.05, 0) is 32.9 Å². The number of amides is 1. The molecule has 2 rings (SSSR count). The van der Waals surface area contributed by atoms with Crippen molar-refractivity contribution < 1.29 is 9.53 Å². The lowest BCUT2D eigenvalue weighted by Crippen LogP contribution is -2.14. The minimum Gasteiger partial charge on any atom is -0.489 e. The summed E-state index contributed by atoms with van der Waals surface area (Å²) in [6.45, 7) is 5.68. The lowest BCUT2D eigenvalue weighted by atomic mass is 10.2. The molecule has 0 aliphatic heterocycles. The van der Waals surface area contributed by atoms with Crippen LogP contribution in [0.2, 0.25) is 0 Å². The number of H-pyrrole nitrogens is 1. The standard InChI is InChI=1S/C14H17N3O2/c1-9(2)19-13-7-5-4-6-11(13)17-14(18)12-8-15-10(3)16-12/h4-9H,1-3H3,(H,15,16)(H,17,18). The minimum atomic E-state index is -0.236. The van der Waals surface area contributed by atoms with Crippen molar-refractivity contribution in [1.82, 2.24) is 9.97 Å². The topological polar surface area (TPSA) is 67.0 Å². The number of imidazole rings is 1. The average Bonchev–Trinajstić information content (AvgIpc) is 2.78. The molecule has 0 saturated heterocycles. The Kier molecular flexibility index (Phi) is 3.85. The van der Waals surface area contributed by atoms with Crippen LogP contribution in [-0.4, -0.2) is 22.0 Å². The maximum Gasteiger partial charge on any atom is 0.273 e. The van der Waals surface area contributed by atoms with Gasteiger partial charge in [0.2, 0.25) is 0 Å². The first-order valence-electron chi connectivity index (χ1n) is 6.15. The molecule has 0 radical (unpaired) electrons. The number of rotatable bonds is 4. The van der Waals surface area contributed by atoms with Gasteiger partial charge in [0.25, 0.3) is 5.91 Å². The highest BCUT2D eigenvalue weighted by molar-refractivity contribution is 6.03. The summed E-state index contributed by atoms with van der Waals surface area (Å²) in [6, 6.07) is 7.35. The van der Waals surface area contributed by atoms with Crippen LogP contribution in [0.4, 0.5) is 5.69 Å². The molecule has 0 bridgehead atoms. The van der Waals surface area contributed by atoms with E-state index in [1.807, 2.05) is 32.0 Å². The molecule has 0 spiro atoms. The van der Waals surface area contributed by atoms with E-state index in [9.17, 15) is 4.79 Å². The molecule has 2 N–H and O–H groups in total. The van der Waals surface area contributed by atoms with Crippen molar-refractivity contribution in [2.24, 2.45) is 0 Å². The number of aromatic amines is 1. The summed E-state index contributed by atoms with van der Waals surface area (Å²) in [5.74, 6) is 1.12. The van der Waals surface area contributed by atoms with Gasteiger partial charge in [0.05, 0.1) is 18.0 Å². The number of para-hydroxylation sites is 2. The van der Waals surface area contributed by atoms with Gasteiger partial charge >= 0.3 is 0 Å². The first kappa shape index (κ1) is 13.1. The zero-order valence-corrected chi connectivity index (χ0v) is 11.2. The fourth-order valence-electron chi connectivity index (χ4n) is 1.65. The second-order valence-corrected chi connectivity index (χ2v) is 4.50. The molecule has 1 aromatic heterocycles. The number of hydrogen-bond donors (Lipinski definition) is 2. The Morgan fingerprint density at radius 1 is 1.37 bits per heavy atom. The molecule has 0 atom stereocenters. The third-order valence-electron chi connectivity index (χ3n) is 2.45. The number of nitrogens with one attached hydrogen (secondary N) is 2. The van der Waals surface area contributed by atoms with E-state index in [1.54, 1.807) is 13.0 Å². The van der Waals surface area contributed by atoms with E-state index in [-0.39, 0.29) is 12.0 Å². The number of nitrogens with zero attached hydrogens (tertiary/aromatic N) is 1. The molecule has 1 aromatic carbocycles. The predicted molar refractivity (Wildman–Crippen MR) is 73.5 cm³/mol. The van der Waals surface area contributed by atoms with E-state index in [0.29, 0.717) is 23.0 Å². The summed E-state index contributed by atoms with van der Waals surface area (Å²) in [7, 11) is 0. The summed E-state index contributed by atoms with van der Waals surface area (Å²) >= 11 is 0. The Hall–Kier alpha value is -2.30. The molecular weight excluding hydrogens is 242 g/mol. The number of anilines is 1. The monoisotopic (exact) mass is 259 g/mol. The van der Waals surface area contributed by atoms with Gasteiger partial charge in [0.1, 0.15) is 17.3 Å². The van der Waals surface area contributed by atoms with E-state index in [4.69, 9.17) is 4.74 Å². The van der Waals surface area contributed by atoms with E-state index in [0.717, 1.165) is 0 Å². The lowest BCUT2D eigenvalue weighted by Gasteiger charge is -2.14. The van der Waals surface area contributed by atoms with Crippen molar-refractivity contribution in [3.8, 4) is 5.75 Å². The molecule has 1 heterocycles. The number of benzene rings is 1. The predicted octanol–water partition coefficient (Wildman–Crippen LogP) is 2.76. The van der Waals surface area contributed by atoms with Crippen LogP contribution in [0.25, 0.3) is 0 Å². The van der Waals surface area contributed by atoms with Crippen LogP contribution in [0, 0.1) is 6.92 Å². The molecule has 2 aromatic rings. The summed E-state index contributed by atoms with van der Waals surface area (Å²) in [5, 5.41) is 2.81. The summed E-state index contributed by atoms with van der Waals surface area (Å²) < 4.78 is 5.65. The van der Waals surface area contributed by atoms with Crippen LogP contribution >= 0.6 is 0 Å². The Balaban J connectivity index is 2.16. The van der Waals surface area contributed by atoms with Crippen LogP contribution < -0.4 is 10.1 Å². The van der Waals surface area contributed by atoms with Crippen molar-refractivity contribution >= 4 is 11.6 Å². The van der Waals surface area contributed by atoms with Crippen molar-refractivity contribution in [3.63, 3.8) is 0 Å². The number of carbonyl (C=O) groups is 1. The summed E-state index contributed by atoms with van der Waals surface area (Å²) in [6.07, 6.45) is 1.56. The number of carbonyl (C=O) groups excluding carboxylic acids is 1. The van der Waals surface area contributed by atoms with Gasteiger partial charge in [0.15, 0.2) is 0 Å². The molecule has 100 valence electrons. The largest absolute Gasteiger partial charge is 0.489 e. The second kappa shape index (κ2) is 5.56. The summed E-state index contributed by atoms with van der Waals surface area (Å²) in [5.41, 5.74) is 1.07. The molecule has 0 unspecified atom stereocenters. The van der Waals surface area contributed by atoms with Gasteiger partial charge in [0, 0.05) is 0 Å². The highest BCUT2D eigenvalue weighted by atomic mass is 16.5. The Bertz CT molecular complexity index is 576. The van der Waals surface area contributed by atoms with Crippen LogP contribution in [0.1, 0.15) is 30.2 Å². The van der Waals surface area contributed by atoms with E-state index in [1.165, 1.54) is 6.20 Å². The molecule has 0 aliphatic carbocycles. The zero-order valence-electron chi connectivity index (χ0n) is 11.2. The number of hydrogen-bond acceptors (Lipinski definition) is 3. The number of aromatic nitrogens is 2. The number of ether oxygens (including phenoxy) is 1. The van der Waals surface area contributed by atoms with E-state index >= 15 is 0 Å². The molecule has 0 aliphatic rings. The average molecular weight is 259 g/mol. The van der Waals surface area contributed by atoms with Crippen molar-refractivity contribution in [1.29, 1.82) is 0 Å². The minimum absolute atomic E-state index is 0.0486. The van der Waals surface area contributed by atoms with E-state index < -0.39 is 0 Å². The first-order valence-corrected chi connectivity index (χ1v) is 6.15. The van der Waals surface area contributed by atoms with Gasteiger partial charge < -0.3 is 15.0 Å². The van der Waals surface area contributed by atoms with Crippen LogP contribution in [-0.2, 0) is 0 Å². The van der Waals surface area contributed by atoms with Gasteiger partial charge in [-0.25, -0.2) is 4.98 Å². The molecule has 0 fully saturated rings. The molecule has 1 amide bonds. The maximum absolute atomic E-state index is 12.0. The Morgan fingerprint density at radius 3 is 2.74 bits per heavy atom. The summed E-state index contributed by atoms with van der Waals surface area (Å²) in [4.78, 5) is 18.9. The molecule has 5 nitrogen and oxygen atoms in total. The first-order chi connectivity index (χ1) is 9.06. The van der Waals surface area contributed by atoms with Gasteiger partial charge in [-0.1, -0.05) is 12.1 Å². The fraction of sp³-hybridized carbons (Fsp3) is 0.286. The highest BCUT2D eigenvalue weighted by Crippen LogP contribution is 2.25. The lowest BCUT2D eigenvalue weighted by molar-refractivity contribution is 0.102.